The highest BCUT2D eigenvalue weighted by Gasteiger charge is 2.08. The number of benzene rings is 1. The van der Waals surface area contributed by atoms with Crippen LogP contribution in [0.5, 0.6) is 0 Å². The van der Waals surface area contributed by atoms with E-state index in [0.29, 0.717) is 0 Å². The first-order valence-corrected chi connectivity index (χ1v) is 5.59. The van der Waals surface area contributed by atoms with E-state index >= 15 is 0 Å². The molecule has 16 heavy (non-hydrogen) atoms. The highest BCUT2D eigenvalue weighted by molar-refractivity contribution is 5.73. The van der Waals surface area contributed by atoms with Crippen LogP contribution in [0, 0.1) is 0 Å². The number of nitrogens with zero attached hydrogens (tertiary/aromatic N) is 3. The van der Waals surface area contributed by atoms with Crippen molar-refractivity contribution in [2.24, 2.45) is 0 Å². The van der Waals surface area contributed by atoms with Crippen molar-refractivity contribution >= 4 is 11.0 Å². The number of para-hydroxylation sites is 1. The average molecular weight is 218 g/mol. The molecule has 86 valence electrons. The summed E-state index contributed by atoms with van der Waals surface area (Å²) in [6.07, 6.45) is 0. The number of rotatable bonds is 3. The molecule has 0 atom stereocenters. The second-order valence-electron chi connectivity index (χ2n) is 4.98. The lowest BCUT2D eigenvalue weighted by Crippen LogP contribution is -2.37. The van der Waals surface area contributed by atoms with E-state index in [1.165, 1.54) is 0 Å². The number of fused-ring (bicyclic) bond motifs is 1. The molecule has 1 heterocycles. The van der Waals surface area contributed by atoms with Crippen LogP contribution in [-0.4, -0.2) is 27.1 Å². The first-order chi connectivity index (χ1) is 7.56. The lowest BCUT2D eigenvalue weighted by atomic mass is 10.1. The molecule has 0 fully saturated rings. The molecule has 0 bridgehead atoms. The molecule has 0 spiro atoms. The molecule has 2 aromatic rings. The summed E-state index contributed by atoms with van der Waals surface area (Å²) >= 11 is 0. The Morgan fingerprint density at radius 1 is 1.25 bits per heavy atom. The second kappa shape index (κ2) is 4.22. The van der Waals surface area contributed by atoms with Gasteiger partial charge in [0, 0.05) is 12.1 Å². The van der Waals surface area contributed by atoms with Gasteiger partial charge in [0.25, 0.3) is 0 Å². The molecule has 1 N–H and O–H groups in total. The number of hydrogen-bond acceptors (Lipinski definition) is 3. The Balaban J connectivity index is 2.05. The Bertz CT molecular complexity index is 467. The molecule has 0 amide bonds. The van der Waals surface area contributed by atoms with E-state index < -0.39 is 0 Å². The number of nitrogens with one attached hydrogen (secondary N) is 1. The van der Waals surface area contributed by atoms with Crippen LogP contribution >= 0.6 is 0 Å². The maximum absolute atomic E-state index is 4.14. The summed E-state index contributed by atoms with van der Waals surface area (Å²) in [6, 6.07) is 8.02. The summed E-state index contributed by atoms with van der Waals surface area (Å²) in [5.74, 6) is 0. The van der Waals surface area contributed by atoms with E-state index in [2.05, 4.69) is 36.4 Å². The molecule has 0 aliphatic heterocycles. The molecule has 0 saturated carbocycles. The minimum atomic E-state index is 0.149. The van der Waals surface area contributed by atoms with Crippen molar-refractivity contribution in [2.45, 2.75) is 32.9 Å². The van der Waals surface area contributed by atoms with Crippen LogP contribution in [0.2, 0.25) is 0 Å². The standard InChI is InChI=1S/C12H18N4/c1-12(2,3)13-8-9-16-11-7-5-4-6-10(11)14-15-16/h4-7,13H,8-9H2,1-3H3. The predicted molar refractivity (Wildman–Crippen MR) is 65.3 cm³/mol. The van der Waals surface area contributed by atoms with Crippen molar-refractivity contribution in [3.05, 3.63) is 24.3 Å². The van der Waals surface area contributed by atoms with Gasteiger partial charge in [0.2, 0.25) is 0 Å². The first kappa shape index (κ1) is 11.1. The summed E-state index contributed by atoms with van der Waals surface area (Å²) in [6.45, 7) is 8.22. The van der Waals surface area contributed by atoms with E-state index in [4.69, 9.17) is 0 Å². The Hall–Kier alpha value is -1.42. The topological polar surface area (TPSA) is 42.7 Å². The zero-order valence-corrected chi connectivity index (χ0v) is 10.1. The molecule has 1 aromatic heterocycles. The van der Waals surface area contributed by atoms with Crippen molar-refractivity contribution in [1.29, 1.82) is 0 Å². The summed E-state index contributed by atoms with van der Waals surface area (Å²) in [5, 5.41) is 11.7. The summed E-state index contributed by atoms with van der Waals surface area (Å²) in [4.78, 5) is 0. The normalized spacial score (nSPS) is 12.2. The fourth-order valence-electron chi connectivity index (χ4n) is 1.62. The van der Waals surface area contributed by atoms with Gasteiger partial charge >= 0.3 is 0 Å². The molecule has 4 nitrogen and oxygen atoms in total. The van der Waals surface area contributed by atoms with Gasteiger partial charge in [-0.1, -0.05) is 17.3 Å². The summed E-state index contributed by atoms with van der Waals surface area (Å²) < 4.78 is 1.94. The molecule has 0 radical (unpaired) electrons. The average Bonchev–Trinajstić information content (AvgIpc) is 2.60. The van der Waals surface area contributed by atoms with Crippen molar-refractivity contribution < 1.29 is 0 Å². The number of hydrogen-bond donors (Lipinski definition) is 1. The van der Waals surface area contributed by atoms with Gasteiger partial charge in [0.1, 0.15) is 5.52 Å². The van der Waals surface area contributed by atoms with Crippen LogP contribution in [0.1, 0.15) is 20.8 Å². The largest absolute Gasteiger partial charge is 0.310 e. The monoisotopic (exact) mass is 218 g/mol. The molecule has 0 aliphatic carbocycles. The van der Waals surface area contributed by atoms with Crippen LogP contribution in [-0.2, 0) is 6.54 Å². The zero-order valence-electron chi connectivity index (χ0n) is 10.1. The summed E-state index contributed by atoms with van der Waals surface area (Å²) in [5.41, 5.74) is 2.20. The molecule has 2 rings (SSSR count). The zero-order chi connectivity index (χ0) is 11.6. The van der Waals surface area contributed by atoms with Crippen LogP contribution < -0.4 is 5.32 Å². The smallest absolute Gasteiger partial charge is 0.113 e. The van der Waals surface area contributed by atoms with E-state index in [1.54, 1.807) is 0 Å². The third-order valence-electron chi connectivity index (χ3n) is 2.40. The lowest BCUT2D eigenvalue weighted by Gasteiger charge is -2.20. The van der Waals surface area contributed by atoms with E-state index in [0.717, 1.165) is 24.1 Å². The highest BCUT2D eigenvalue weighted by Crippen LogP contribution is 2.09. The van der Waals surface area contributed by atoms with Crippen molar-refractivity contribution in [2.75, 3.05) is 6.54 Å². The molecular weight excluding hydrogens is 200 g/mol. The van der Waals surface area contributed by atoms with E-state index in [9.17, 15) is 0 Å². The van der Waals surface area contributed by atoms with Crippen LogP contribution in [0.25, 0.3) is 11.0 Å². The van der Waals surface area contributed by atoms with Crippen LogP contribution in [0.4, 0.5) is 0 Å². The number of aromatic nitrogens is 3. The van der Waals surface area contributed by atoms with Crippen molar-refractivity contribution in [1.82, 2.24) is 20.3 Å². The Morgan fingerprint density at radius 3 is 2.75 bits per heavy atom. The Labute approximate surface area is 95.6 Å². The third kappa shape index (κ3) is 2.58. The molecule has 1 aromatic carbocycles. The fourth-order valence-corrected chi connectivity index (χ4v) is 1.62. The molecular formula is C12H18N4. The van der Waals surface area contributed by atoms with Crippen LogP contribution in [0.3, 0.4) is 0 Å². The third-order valence-corrected chi connectivity index (χ3v) is 2.40. The fraction of sp³-hybridized carbons (Fsp3) is 0.500. The SMILES string of the molecule is CC(C)(C)NCCn1nnc2ccccc21. The maximum atomic E-state index is 4.14. The van der Waals surface area contributed by atoms with Crippen molar-refractivity contribution in [3.8, 4) is 0 Å². The maximum Gasteiger partial charge on any atom is 0.113 e. The molecule has 0 saturated heterocycles. The van der Waals surface area contributed by atoms with Crippen molar-refractivity contribution in [3.63, 3.8) is 0 Å². The summed E-state index contributed by atoms with van der Waals surface area (Å²) in [7, 11) is 0. The molecule has 4 heteroatoms. The van der Waals surface area contributed by atoms with Gasteiger partial charge in [-0.05, 0) is 32.9 Å². The second-order valence-corrected chi connectivity index (χ2v) is 4.98. The lowest BCUT2D eigenvalue weighted by molar-refractivity contribution is 0.405. The Kier molecular flexibility index (Phi) is 2.92. The predicted octanol–water partition coefficient (Wildman–Crippen LogP) is 1.82. The van der Waals surface area contributed by atoms with Gasteiger partial charge in [0.05, 0.1) is 12.1 Å². The minimum Gasteiger partial charge on any atom is -0.310 e. The van der Waals surface area contributed by atoms with Gasteiger partial charge in [-0.3, -0.25) is 0 Å². The quantitative estimate of drug-likeness (QED) is 0.854. The van der Waals surface area contributed by atoms with Gasteiger partial charge in [-0.2, -0.15) is 0 Å². The van der Waals surface area contributed by atoms with E-state index in [1.807, 2.05) is 28.9 Å². The highest BCUT2D eigenvalue weighted by atomic mass is 15.4. The van der Waals surface area contributed by atoms with Gasteiger partial charge in [-0.25, -0.2) is 4.68 Å². The van der Waals surface area contributed by atoms with Gasteiger partial charge in [-0.15, -0.1) is 5.10 Å². The van der Waals surface area contributed by atoms with E-state index in [-0.39, 0.29) is 5.54 Å². The van der Waals surface area contributed by atoms with Gasteiger partial charge in [0.15, 0.2) is 0 Å². The minimum absolute atomic E-state index is 0.149. The van der Waals surface area contributed by atoms with Crippen LogP contribution in [0.15, 0.2) is 24.3 Å². The Morgan fingerprint density at radius 2 is 2.00 bits per heavy atom. The molecule has 0 unspecified atom stereocenters. The first-order valence-electron chi connectivity index (χ1n) is 5.59. The van der Waals surface area contributed by atoms with Gasteiger partial charge < -0.3 is 5.32 Å². The molecule has 0 aliphatic rings.